The molecule has 9 heteroatoms. The molecule has 1 heterocycles. The van der Waals surface area contributed by atoms with E-state index in [0.29, 0.717) is 0 Å². The standard InChI is InChI=1S/C16H38O6Si3/c1-18-16-15(22-25(8,9)10)14(21-24(5,6)7)13(12(11-17)19-16)20-23(2,3)4/h12-17H,11H2,1-10H3/t12?,13-,14?,15+,16+/m1/s1. The molecule has 0 bridgehead atoms. The lowest BCUT2D eigenvalue weighted by Crippen LogP contribution is -2.66. The van der Waals surface area contributed by atoms with Gasteiger partial charge in [-0.15, -0.1) is 0 Å². The Hall–Kier alpha value is 0.411. The Morgan fingerprint density at radius 3 is 1.48 bits per heavy atom. The minimum atomic E-state index is -1.89. The maximum atomic E-state index is 9.89. The van der Waals surface area contributed by atoms with Gasteiger partial charge in [-0.2, -0.15) is 0 Å². The summed E-state index contributed by atoms with van der Waals surface area (Å²) in [5.41, 5.74) is 0. The van der Waals surface area contributed by atoms with Crippen LogP contribution in [0.4, 0.5) is 0 Å². The first-order valence-electron chi connectivity index (χ1n) is 8.99. The van der Waals surface area contributed by atoms with Crippen molar-refractivity contribution in [3.05, 3.63) is 0 Å². The lowest BCUT2D eigenvalue weighted by atomic mass is 9.99. The SMILES string of the molecule is CO[C@H]1OC(CO)[C@@H](O[Si](C)(C)C)C(O[Si](C)(C)C)[C@@H]1O[Si](C)(C)C. The molecule has 5 atom stereocenters. The normalized spacial score (nSPS) is 32.0. The molecule has 1 aliphatic heterocycles. The Kier molecular flexibility index (Phi) is 8.08. The molecule has 0 saturated carbocycles. The molecule has 1 saturated heterocycles. The van der Waals surface area contributed by atoms with Crippen molar-refractivity contribution in [2.45, 2.75) is 89.6 Å². The maximum absolute atomic E-state index is 9.89. The Bertz CT molecular complexity index is 386. The topological polar surface area (TPSA) is 66.4 Å². The number of aliphatic hydroxyl groups excluding tert-OH is 1. The van der Waals surface area contributed by atoms with Crippen molar-refractivity contribution in [2.24, 2.45) is 0 Å². The highest BCUT2D eigenvalue weighted by molar-refractivity contribution is 6.70. The lowest BCUT2D eigenvalue weighted by molar-refractivity contribution is -0.284. The lowest BCUT2D eigenvalue weighted by Gasteiger charge is -2.50. The molecule has 0 spiro atoms. The van der Waals surface area contributed by atoms with Crippen LogP contribution in [0.5, 0.6) is 0 Å². The third kappa shape index (κ3) is 7.89. The summed E-state index contributed by atoms with van der Waals surface area (Å²) in [7, 11) is -4.04. The zero-order valence-corrected chi connectivity index (χ0v) is 20.6. The van der Waals surface area contributed by atoms with Gasteiger partial charge in [-0.25, -0.2) is 0 Å². The summed E-state index contributed by atoms with van der Waals surface area (Å²) < 4.78 is 30.9. The fourth-order valence-electron chi connectivity index (χ4n) is 2.84. The molecule has 1 aliphatic rings. The van der Waals surface area contributed by atoms with E-state index >= 15 is 0 Å². The Labute approximate surface area is 156 Å². The second-order valence-corrected chi connectivity index (χ2v) is 22.9. The Morgan fingerprint density at radius 1 is 0.720 bits per heavy atom. The first kappa shape index (κ1) is 23.5. The summed E-state index contributed by atoms with van der Waals surface area (Å²) in [4.78, 5) is 0. The first-order valence-corrected chi connectivity index (χ1v) is 19.2. The predicted octanol–water partition coefficient (Wildman–Crippen LogP) is 3.01. The summed E-state index contributed by atoms with van der Waals surface area (Å²) in [6.45, 7) is 19.1. The van der Waals surface area contributed by atoms with Gasteiger partial charge in [0.2, 0.25) is 0 Å². The van der Waals surface area contributed by atoms with Gasteiger partial charge in [0.1, 0.15) is 24.4 Å². The van der Waals surface area contributed by atoms with Crippen LogP contribution < -0.4 is 0 Å². The van der Waals surface area contributed by atoms with Crippen LogP contribution in [0.1, 0.15) is 0 Å². The molecule has 1 fully saturated rings. The zero-order chi connectivity index (χ0) is 19.6. The van der Waals surface area contributed by atoms with E-state index in [0.717, 1.165) is 0 Å². The molecule has 0 radical (unpaired) electrons. The second kappa shape index (κ2) is 8.61. The van der Waals surface area contributed by atoms with Crippen LogP contribution in [-0.4, -0.2) is 74.5 Å². The van der Waals surface area contributed by atoms with E-state index in [-0.39, 0.29) is 24.9 Å². The molecule has 0 aromatic rings. The van der Waals surface area contributed by atoms with Crippen molar-refractivity contribution in [1.29, 1.82) is 0 Å². The average molecular weight is 411 g/mol. The number of ether oxygens (including phenoxy) is 2. The van der Waals surface area contributed by atoms with Gasteiger partial charge in [0.05, 0.1) is 6.61 Å². The summed E-state index contributed by atoms with van der Waals surface area (Å²) in [6, 6.07) is 0. The molecular formula is C16H38O6Si3. The smallest absolute Gasteiger partial charge is 0.185 e. The van der Waals surface area contributed by atoms with E-state index in [1.54, 1.807) is 7.11 Å². The number of hydrogen-bond donors (Lipinski definition) is 1. The van der Waals surface area contributed by atoms with Crippen molar-refractivity contribution in [3.8, 4) is 0 Å². The van der Waals surface area contributed by atoms with E-state index in [1.165, 1.54) is 0 Å². The molecule has 1 N–H and O–H groups in total. The minimum Gasteiger partial charge on any atom is -0.409 e. The van der Waals surface area contributed by atoms with Gasteiger partial charge in [-0.3, -0.25) is 0 Å². The highest BCUT2D eigenvalue weighted by Gasteiger charge is 2.51. The van der Waals surface area contributed by atoms with Crippen molar-refractivity contribution in [3.63, 3.8) is 0 Å². The van der Waals surface area contributed by atoms with Gasteiger partial charge < -0.3 is 27.9 Å². The number of hydrogen-bond acceptors (Lipinski definition) is 6. The van der Waals surface area contributed by atoms with E-state index in [1.807, 2.05) is 0 Å². The average Bonchev–Trinajstić information content (AvgIpc) is 2.38. The van der Waals surface area contributed by atoms with Crippen molar-refractivity contribution < 1.29 is 27.9 Å². The van der Waals surface area contributed by atoms with Gasteiger partial charge in [0.15, 0.2) is 31.2 Å². The number of aliphatic hydroxyl groups is 1. The first-order chi connectivity index (χ1) is 11.2. The molecule has 0 aromatic heterocycles. The monoisotopic (exact) mass is 410 g/mol. The highest BCUT2D eigenvalue weighted by Crippen LogP contribution is 2.33. The molecule has 0 aliphatic carbocycles. The van der Waals surface area contributed by atoms with Crippen LogP contribution in [0.3, 0.4) is 0 Å². The zero-order valence-electron chi connectivity index (χ0n) is 17.6. The molecule has 0 aromatic carbocycles. The van der Waals surface area contributed by atoms with E-state index in [9.17, 15) is 5.11 Å². The van der Waals surface area contributed by atoms with Gasteiger partial charge >= 0.3 is 0 Å². The molecule has 1 rings (SSSR count). The minimum absolute atomic E-state index is 0.139. The van der Waals surface area contributed by atoms with E-state index < -0.39 is 37.3 Å². The van der Waals surface area contributed by atoms with Crippen LogP contribution in [0.25, 0.3) is 0 Å². The fraction of sp³-hybridized carbons (Fsp3) is 1.00. The van der Waals surface area contributed by atoms with Gasteiger partial charge in [-0.05, 0) is 58.9 Å². The largest absolute Gasteiger partial charge is 0.409 e. The van der Waals surface area contributed by atoms with Crippen molar-refractivity contribution in [2.75, 3.05) is 13.7 Å². The van der Waals surface area contributed by atoms with Gasteiger partial charge in [0.25, 0.3) is 0 Å². The Morgan fingerprint density at radius 2 is 1.12 bits per heavy atom. The molecule has 0 amide bonds. The van der Waals surface area contributed by atoms with E-state index in [2.05, 4.69) is 58.9 Å². The summed E-state index contributed by atoms with van der Waals surface area (Å²) >= 11 is 0. The van der Waals surface area contributed by atoms with E-state index in [4.69, 9.17) is 22.8 Å². The van der Waals surface area contributed by atoms with Crippen LogP contribution in [0.15, 0.2) is 0 Å². The fourth-order valence-corrected chi connectivity index (χ4v) is 6.09. The third-order valence-corrected chi connectivity index (χ3v) is 6.41. The summed E-state index contributed by atoms with van der Waals surface area (Å²) in [6.07, 6.45) is -2.11. The summed E-state index contributed by atoms with van der Waals surface area (Å²) in [5.74, 6) is 0. The second-order valence-electron chi connectivity index (χ2n) is 9.55. The predicted molar refractivity (Wildman–Crippen MR) is 107 cm³/mol. The molecule has 25 heavy (non-hydrogen) atoms. The van der Waals surface area contributed by atoms with Crippen molar-refractivity contribution in [1.82, 2.24) is 0 Å². The Balaban J connectivity index is 3.27. The van der Waals surface area contributed by atoms with Gasteiger partial charge in [-0.1, -0.05) is 0 Å². The van der Waals surface area contributed by atoms with Crippen molar-refractivity contribution >= 4 is 25.0 Å². The summed E-state index contributed by atoms with van der Waals surface area (Å²) in [5, 5.41) is 9.89. The molecule has 2 unspecified atom stereocenters. The van der Waals surface area contributed by atoms with Crippen LogP contribution >= 0.6 is 0 Å². The molecule has 150 valence electrons. The van der Waals surface area contributed by atoms with Crippen LogP contribution in [-0.2, 0) is 22.8 Å². The van der Waals surface area contributed by atoms with Crippen LogP contribution in [0, 0.1) is 0 Å². The van der Waals surface area contributed by atoms with Crippen LogP contribution in [0.2, 0.25) is 58.9 Å². The molecule has 6 nitrogen and oxygen atoms in total. The highest BCUT2D eigenvalue weighted by atomic mass is 28.4. The van der Waals surface area contributed by atoms with Gasteiger partial charge in [0, 0.05) is 7.11 Å². The molecular weight excluding hydrogens is 372 g/mol. The number of rotatable bonds is 8. The maximum Gasteiger partial charge on any atom is 0.185 e. The number of methoxy groups -OCH3 is 1. The quantitative estimate of drug-likeness (QED) is 0.621. The third-order valence-electron chi connectivity index (χ3n) is 3.47.